The summed E-state index contributed by atoms with van der Waals surface area (Å²) in [6.45, 7) is 9.54. The van der Waals surface area contributed by atoms with Crippen molar-refractivity contribution in [1.82, 2.24) is 24.0 Å². The fourth-order valence-corrected chi connectivity index (χ4v) is 6.06. The molecule has 2 heterocycles. The lowest BCUT2D eigenvalue weighted by Crippen LogP contribution is -2.57. The Morgan fingerprint density at radius 1 is 0.787 bits per heavy atom. The van der Waals surface area contributed by atoms with Crippen LogP contribution in [0.2, 0.25) is 0 Å². The summed E-state index contributed by atoms with van der Waals surface area (Å²) in [7, 11) is 0. The van der Waals surface area contributed by atoms with Crippen molar-refractivity contribution in [1.29, 1.82) is 0 Å². The van der Waals surface area contributed by atoms with Crippen molar-refractivity contribution in [3.8, 4) is 0 Å². The van der Waals surface area contributed by atoms with E-state index in [1.807, 2.05) is 76.7 Å². The molecule has 6 aromatic rings. The minimum atomic E-state index is -1.60. The highest BCUT2D eigenvalue weighted by Crippen LogP contribution is 2.36. The van der Waals surface area contributed by atoms with Gasteiger partial charge in [0.25, 0.3) is 0 Å². The molecule has 2 N–H and O–H groups in total. The molecule has 47 heavy (non-hydrogen) atoms. The number of halogens is 2. The van der Waals surface area contributed by atoms with E-state index in [0.717, 1.165) is 11.1 Å². The summed E-state index contributed by atoms with van der Waals surface area (Å²) in [5.74, 6) is -0.0122. The summed E-state index contributed by atoms with van der Waals surface area (Å²) in [5, 5.41) is 0. The molecular formula is C37H38F2N6O2. The molecule has 0 saturated carbocycles. The normalized spacial score (nSPS) is 13.9. The highest BCUT2D eigenvalue weighted by atomic mass is 19.1. The molecule has 242 valence electrons. The summed E-state index contributed by atoms with van der Waals surface area (Å²) < 4.78 is 39.0. The first-order valence-corrected chi connectivity index (χ1v) is 15.5. The second-order valence-corrected chi connectivity index (χ2v) is 13.0. The van der Waals surface area contributed by atoms with Gasteiger partial charge in [0.15, 0.2) is 11.5 Å². The topological polar surface area (TPSA) is 91.2 Å². The molecule has 8 nitrogen and oxygen atoms in total. The number of fused-ring (bicyclic) bond motifs is 2. The maximum absolute atomic E-state index is 14.6. The monoisotopic (exact) mass is 636 g/mol. The van der Waals surface area contributed by atoms with Crippen molar-refractivity contribution in [2.45, 2.75) is 65.0 Å². The fraction of sp³-hybridized carbons (Fsp3) is 0.270. The first kappa shape index (κ1) is 31.9. The number of aromatic nitrogens is 4. The van der Waals surface area contributed by atoms with Gasteiger partial charge in [-0.05, 0) is 82.1 Å². The Labute approximate surface area is 272 Å². The van der Waals surface area contributed by atoms with Gasteiger partial charge in [0.1, 0.15) is 23.1 Å². The van der Waals surface area contributed by atoms with Crippen LogP contribution in [-0.4, -0.2) is 35.7 Å². The van der Waals surface area contributed by atoms with Crippen molar-refractivity contribution in [2.75, 3.05) is 0 Å². The highest BCUT2D eigenvalue weighted by molar-refractivity contribution is 5.78. The largest absolute Gasteiger partial charge is 0.444 e. The molecule has 0 aliphatic heterocycles. The van der Waals surface area contributed by atoms with E-state index in [0.29, 0.717) is 46.8 Å². The lowest BCUT2D eigenvalue weighted by atomic mass is 10.1. The molecule has 2 aromatic heterocycles. The van der Waals surface area contributed by atoms with Gasteiger partial charge in [-0.2, -0.15) is 0 Å². The number of nitrogens with zero attached hydrogens (tertiary/aromatic N) is 5. The van der Waals surface area contributed by atoms with Crippen molar-refractivity contribution >= 4 is 28.2 Å². The number of hydrogen-bond donors (Lipinski definition) is 1. The molecule has 0 aliphatic carbocycles. The van der Waals surface area contributed by atoms with Crippen LogP contribution in [0.4, 0.5) is 13.6 Å². The van der Waals surface area contributed by atoms with E-state index in [2.05, 4.69) is 0 Å². The smallest absolute Gasteiger partial charge is 0.412 e. The average Bonchev–Trinajstić information content (AvgIpc) is 3.55. The van der Waals surface area contributed by atoms with E-state index in [9.17, 15) is 13.6 Å². The van der Waals surface area contributed by atoms with Crippen molar-refractivity contribution in [2.24, 2.45) is 5.73 Å². The summed E-state index contributed by atoms with van der Waals surface area (Å²) >= 11 is 0. The quantitative estimate of drug-likeness (QED) is 0.172. The van der Waals surface area contributed by atoms with Crippen molar-refractivity contribution < 1.29 is 18.3 Å². The van der Waals surface area contributed by atoms with E-state index in [1.165, 1.54) is 29.2 Å². The third-order valence-corrected chi connectivity index (χ3v) is 8.12. The molecule has 6 rings (SSSR count). The second kappa shape index (κ2) is 12.3. The molecule has 0 radical (unpaired) electrons. The predicted octanol–water partition coefficient (Wildman–Crippen LogP) is 7.89. The maximum Gasteiger partial charge on any atom is 0.412 e. The Kier molecular flexibility index (Phi) is 8.31. The van der Waals surface area contributed by atoms with Gasteiger partial charge in [0.05, 0.1) is 28.1 Å². The zero-order chi connectivity index (χ0) is 33.5. The molecule has 4 aromatic carbocycles. The summed E-state index contributed by atoms with van der Waals surface area (Å²) in [5.41, 5.74) is 8.92. The molecule has 0 spiro atoms. The van der Waals surface area contributed by atoms with Crippen LogP contribution < -0.4 is 5.73 Å². The van der Waals surface area contributed by atoms with Crippen LogP contribution in [0.25, 0.3) is 22.1 Å². The van der Waals surface area contributed by atoms with Crippen LogP contribution in [-0.2, 0) is 23.5 Å². The minimum Gasteiger partial charge on any atom is -0.444 e. The van der Waals surface area contributed by atoms with E-state index in [-0.39, 0.29) is 0 Å². The molecule has 0 bridgehead atoms. The van der Waals surface area contributed by atoms with Gasteiger partial charge in [-0.3, -0.25) is 4.90 Å². The molecule has 2 atom stereocenters. The average molecular weight is 637 g/mol. The van der Waals surface area contributed by atoms with E-state index in [4.69, 9.17) is 20.4 Å². The van der Waals surface area contributed by atoms with Crippen LogP contribution in [0.15, 0.2) is 97.1 Å². The minimum absolute atomic E-state index is 0.325. The number of hydrogen-bond acceptors (Lipinski definition) is 5. The third kappa shape index (κ3) is 6.46. The fourth-order valence-electron chi connectivity index (χ4n) is 6.06. The van der Waals surface area contributed by atoms with Crippen LogP contribution in [0.1, 0.15) is 63.4 Å². The highest BCUT2D eigenvalue weighted by Gasteiger charge is 2.44. The Balaban J connectivity index is 1.54. The number of rotatable bonds is 8. The van der Waals surface area contributed by atoms with Gasteiger partial charge in [-0.15, -0.1) is 0 Å². The van der Waals surface area contributed by atoms with E-state index in [1.54, 1.807) is 39.8 Å². The summed E-state index contributed by atoms with van der Waals surface area (Å²) in [4.78, 5) is 25.5. The van der Waals surface area contributed by atoms with Crippen LogP contribution in [0, 0.1) is 11.6 Å². The molecular weight excluding hydrogens is 598 g/mol. The van der Waals surface area contributed by atoms with Crippen molar-refractivity contribution in [3.63, 3.8) is 0 Å². The molecule has 10 heteroatoms. The lowest BCUT2D eigenvalue weighted by Gasteiger charge is -2.42. The first-order valence-electron chi connectivity index (χ1n) is 15.5. The van der Waals surface area contributed by atoms with E-state index >= 15 is 0 Å². The van der Waals surface area contributed by atoms with Crippen LogP contribution in [0.5, 0.6) is 0 Å². The Morgan fingerprint density at radius 3 is 1.81 bits per heavy atom. The molecule has 0 fully saturated rings. The number of amides is 1. The van der Waals surface area contributed by atoms with Gasteiger partial charge < -0.3 is 19.6 Å². The molecule has 1 amide bonds. The predicted molar refractivity (Wildman–Crippen MR) is 178 cm³/mol. The number of carbonyl (C=O) groups excluding carboxylic acids is 1. The lowest BCUT2D eigenvalue weighted by molar-refractivity contribution is -0.0178. The molecule has 0 aliphatic rings. The zero-order valence-electron chi connectivity index (χ0n) is 27.1. The number of nitrogens with two attached hydrogens (primary N) is 1. The van der Waals surface area contributed by atoms with Gasteiger partial charge in [0.2, 0.25) is 0 Å². The summed E-state index contributed by atoms with van der Waals surface area (Å²) in [6.07, 6.45) is -0.691. The zero-order valence-corrected chi connectivity index (χ0v) is 27.1. The third-order valence-electron chi connectivity index (χ3n) is 8.12. The number of benzene rings is 4. The number of carbonyl (C=O) groups is 1. The Bertz CT molecular complexity index is 2050. The van der Waals surface area contributed by atoms with Crippen LogP contribution in [0.3, 0.4) is 0 Å². The van der Waals surface area contributed by atoms with Gasteiger partial charge in [-0.25, -0.2) is 23.5 Å². The summed E-state index contributed by atoms with van der Waals surface area (Å²) in [6, 6.07) is 27.4. The molecule has 0 saturated heterocycles. The van der Waals surface area contributed by atoms with Crippen LogP contribution >= 0.6 is 0 Å². The van der Waals surface area contributed by atoms with Gasteiger partial charge >= 0.3 is 6.09 Å². The second-order valence-electron chi connectivity index (χ2n) is 13.0. The van der Waals surface area contributed by atoms with E-state index < -0.39 is 35.0 Å². The number of ether oxygens (including phenoxy) is 1. The Hall–Kier alpha value is -5.09. The standard InChI is InChI=1S/C37H38F2N6O2/c1-24(33-41-29-18-16-27(38)20-31(29)43(33)22-25-12-8-6-9-13-25)45(35(46)47-36(2,3)4)37(5,40)34-42-30-19-17-28(39)21-32(30)44(34)23-26-14-10-7-11-15-26/h6-21,24H,22-23,40H2,1-5H3/t24-,37?/m0/s1. The maximum atomic E-state index is 14.6. The number of imidazole rings is 2. The first-order chi connectivity index (χ1) is 22.3. The van der Waals surface area contributed by atoms with Crippen molar-refractivity contribution in [3.05, 3.63) is 131 Å². The molecule has 1 unspecified atom stereocenters. The van der Waals surface area contributed by atoms with Gasteiger partial charge in [0, 0.05) is 13.1 Å². The SMILES string of the molecule is C[C@@H](c1nc2ccc(F)cc2n1Cc1ccccc1)N(C(=O)OC(C)(C)C)C(C)(N)c1nc2ccc(F)cc2n1Cc1ccccc1. The van der Waals surface area contributed by atoms with Gasteiger partial charge in [-0.1, -0.05) is 60.7 Å². The Morgan fingerprint density at radius 2 is 1.28 bits per heavy atom.